The zero-order valence-electron chi connectivity index (χ0n) is 17.4. The van der Waals surface area contributed by atoms with Gasteiger partial charge in [-0.2, -0.15) is 0 Å². The minimum Gasteiger partial charge on any atom is -0.383 e. The van der Waals surface area contributed by atoms with E-state index in [0.29, 0.717) is 39.7 Å². The van der Waals surface area contributed by atoms with Crippen molar-refractivity contribution in [1.82, 2.24) is 25.2 Å². The predicted molar refractivity (Wildman–Crippen MR) is 121 cm³/mol. The van der Waals surface area contributed by atoms with Crippen molar-refractivity contribution in [2.24, 2.45) is 0 Å². The van der Waals surface area contributed by atoms with Crippen LogP contribution in [0, 0.1) is 6.92 Å². The van der Waals surface area contributed by atoms with Crippen molar-refractivity contribution in [2.75, 3.05) is 44.4 Å². The number of aryl methyl sites for hydroxylation is 1. The summed E-state index contributed by atoms with van der Waals surface area (Å²) >= 11 is 6.68. The maximum absolute atomic E-state index is 12.4. The van der Waals surface area contributed by atoms with Gasteiger partial charge < -0.3 is 15.8 Å². The smallest absolute Gasteiger partial charge is 0.320 e. The molecule has 0 aromatic carbocycles. The Morgan fingerprint density at radius 3 is 2.90 bits per heavy atom. The number of carbonyl (C=O) groups is 1. The van der Waals surface area contributed by atoms with E-state index in [1.807, 2.05) is 13.0 Å². The molecule has 10 heteroatoms. The highest BCUT2D eigenvalue weighted by Crippen LogP contribution is 2.36. The van der Waals surface area contributed by atoms with E-state index in [1.165, 1.54) is 0 Å². The molecule has 4 rings (SSSR count). The minimum atomic E-state index is -0.315. The number of likely N-dealkylation sites (tertiary alicyclic amines) is 1. The van der Waals surface area contributed by atoms with Crippen molar-refractivity contribution >= 4 is 40.0 Å². The number of amides is 2. The molecule has 4 heterocycles. The summed E-state index contributed by atoms with van der Waals surface area (Å²) in [7, 11) is 1.68. The monoisotopic (exact) mass is 441 g/mol. The number of fused-ring (bicyclic) bond motifs is 1. The van der Waals surface area contributed by atoms with Crippen LogP contribution in [-0.4, -0.2) is 65.3 Å². The van der Waals surface area contributed by atoms with Crippen LogP contribution in [0.2, 0.25) is 5.02 Å². The van der Waals surface area contributed by atoms with Crippen molar-refractivity contribution in [3.8, 4) is 11.3 Å². The number of halogens is 1. The summed E-state index contributed by atoms with van der Waals surface area (Å²) in [6, 6.07) is 3.37. The van der Waals surface area contributed by atoms with Gasteiger partial charge in [0.15, 0.2) is 0 Å². The number of rotatable bonds is 6. The number of aromatic nitrogens is 3. The van der Waals surface area contributed by atoms with Crippen LogP contribution < -0.4 is 16.4 Å². The average Bonchev–Trinajstić information content (AvgIpc) is 2.72. The quantitative estimate of drug-likeness (QED) is 0.538. The Balaban J connectivity index is 1.52. The number of hydrogen-bond acceptors (Lipinski definition) is 7. The maximum Gasteiger partial charge on any atom is 0.320 e. The molecule has 1 saturated heterocycles. The molecule has 1 aliphatic heterocycles. The molecule has 3 aromatic heterocycles. The molecule has 0 atom stereocenters. The largest absolute Gasteiger partial charge is 0.383 e. The molecule has 2 amide bonds. The number of nitrogen functional groups attached to an aromatic ring is 1. The lowest BCUT2D eigenvalue weighted by molar-refractivity contribution is 0.0867. The molecule has 162 valence electrons. The molecule has 0 saturated carbocycles. The molecule has 0 aliphatic carbocycles. The Morgan fingerprint density at radius 2 is 2.16 bits per heavy atom. The van der Waals surface area contributed by atoms with Gasteiger partial charge in [0.05, 0.1) is 23.4 Å². The van der Waals surface area contributed by atoms with Crippen LogP contribution in [0.4, 0.5) is 16.4 Å². The molecule has 0 spiro atoms. The molecule has 31 heavy (non-hydrogen) atoms. The van der Waals surface area contributed by atoms with E-state index in [1.54, 1.807) is 31.8 Å². The Bertz CT molecular complexity index is 1120. The lowest BCUT2D eigenvalue weighted by Gasteiger charge is -2.39. The molecule has 0 bridgehead atoms. The van der Waals surface area contributed by atoms with Crippen molar-refractivity contribution in [1.29, 1.82) is 0 Å². The molecule has 9 nitrogen and oxygen atoms in total. The summed E-state index contributed by atoms with van der Waals surface area (Å²) in [5.41, 5.74) is 8.49. The first kappa shape index (κ1) is 21.2. The number of ether oxygens (including phenoxy) is 1. The lowest BCUT2D eigenvalue weighted by atomic mass is 10.1. The first-order valence-electron chi connectivity index (χ1n) is 9.90. The first-order valence-corrected chi connectivity index (χ1v) is 10.3. The number of carbonyl (C=O) groups excluding carboxylic acids is 1. The molecule has 0 unspecified atom stereocenters. The number of urea groups is 1. The fourth-order valence-corrected chi connectivity index (χ4v) is 3.86. The third-order valence-electron chi connectivity index (χ3n) is 5.30. The van der Waals surface area contributed by atoms with Crippen molar-refractivity contribution < 1.29 is 9.53 Å². The van der Waals surface area contributed by atoms with Gasteiger partial charge >= 0.3 is 6.03 Å². The van der Waals surface area contributed by atoms with Gasteiger partial charge in [0.1, 0.15) is 11.6 Å². The van der Waals surface area contributed by atoms with Crippen molar-refractivity contribution in [3.63, 3.8) is 0 Å². The predicted octanol–water partition coefficient (Wildman–Crippen LogP) is 2.69. The van der Waals surface area contributed by atoms with Gasteiger partial charge in [0.25, 0.3) is 0 Å². The van der Waals surface area contributed by atoms with E-state index in [0.717, 1.165) is 30.8 Å². The summed E-state index contributed by atoms with van der Waals surface area (Å²) in [4.78, 5) is 27.5. The summed E-state index contributed by atoms with van der Waals surface area (Å²) in [5.74, 6) is 0.689. The molecular weight excluding hydrogens is 418 g/mol. The number of hydrogen-bond donors (Lipinski definition) is 3. The van der Waals surface area contributed by atoms with Gasteiger partial charge in [-0.3, -0.25) is 15.2 Å². The Kier molecular flexibility index (Phi) is 6.17. The third kappa shape index (κ3) is 4.53. The number of nitrogens with two attached hydrogens (primary N) is 1. The first-order chi connectivity index (χ1) is 15.0. The second kappa shape index (κ2) is 9.01. The van der Waals surface area contributed by atoms with Gasteiger partial charge in [-0.25, -0.2) is 14.8 Å². The molecular formula is C21H24ClN7O2. The lowest BCUT2D eigenvalue weighted by Crippen LogP contribution is -2.60. The topological polar surface area (TPSA) is 118 Å². The number of nitrogens with zero attached hydrogens (tertiary/aromatic N) is 4. The average molecular weight is 442 g/mol. The van der Waals surface area contributed by atoms with E-state index in [2.05, 4.69) is 30.5 Å². The summed E-state index contributed by atoms with van der Waals surface area (Å²) in [5, 5.41) is 7.42. The van der Waals surface area contributed by atoms with Crippen molar-refractivity contribution in [3.05, 3.63) is 41.3 Å². The highest BCUT2D eigenvalue weighted by molar-refractivity contribution is 6.38. The second-order valence-corrected chi connectivity index (χ2v) is 7.89. The zero-order valence-corrected chi connectivity index (χ0v) is 18.1. The Morgan fingerprint density at radius 1 is 1.35 bits per heavy atom. The van der Waals surface area contributed by atoms with Crippen LogP contribution in [0.15, 0.2) is 30.7 Å². The van der Waals surface area contributed by atoms with Gasteiger partial charge in [0.2, 0.25) is 0 Å². The standard InChI is InChI=1S/C21H24ClN7O2/c1-12-3-4-24-8-15(12)19-18(22)14-7-17(25-9-16(14)20(23)28-19)27-21(30)26-13-10-29(11-13)5-6-31-2/h3-4,7-9,13H,5-6,10-11H2,1-2H3,(H2,23,28)(H2,25,26,27,30). The van der Waals surface area contributed by atoms with Gasteiger partial charge in [0, 0.05) is 61.7 Å². The molecule has 3 aromatic rings. The van der Waals surface area contributed by atoms with E-state index in [-0.39, 0.29) is 12.1 Å². The molecule has 4 N–H and O–H groups in total. The van der Waals surface area contributed by atoms with Crippen LogP contribution in [0.1, 0.15) is 5.56 Å². The zero-order chi connectivity index (χ0) is 22.0. The fraction of sp³-hybridized carbons (Fsp3) is 0.333. The van der Waals surface area contributed by atoms with E-state index in [9.17, 15) is 4.79 Å². The van der Waals surface area contributed by atoms with Crippen LogP contribution >= 0.6 is 11.6 Å². The van der Waals surface area contributed by atoms with Gasteiger partial charge in [-0.1, -0.05) is 11.6 Å². The molecule has 0 radical (unpaired) electrons. The highest BCUT2D eigenvalue weighted by atomic mass is 35.5. The van der Waals surface area contributed by atoms with Crippen LogP contribution in [0.25, 0.3) is 22.0 Å². The van der Waals surface area contributed by atoms with Gasteiger partial charge in [-0.15, -0.1) is 0 Å². The number of pyridine rings is 3. The maximum atomic E-state index is 12.4. The fourth-order valence-electron chi connectivity index (χ4n) is 3.56. The van der Waals surface area contributed by atoms with Crippen LogP contribution in [-0.2, 0) is 4.74 Å². The summed E-state index contributed by atoms with van der Waals surface area (Å²) in [6.45, 7) is 5.08. The Labute approximate surface area is 185 Å². The van der Waals surface area contributed by atoms with Gasteiger partial charge in [-0.05, 0) is 24.6 Å². The van der Waals surface area contributed by atoms with Crippen molar-refractivity contribution in [2.45, 2.75) is 13.0 Å². The number of nitrogens with one attached hydrogen (secondary N) is 2. The minimum absolute atomic E-state index is 0.0981. The van der Waals surface area contributed by atoms with E-state index >= 15 is 0 Å². The van der Waals surface area contributed by atoms with E-state index in [4.69, 9.17) is 22.1 Å². The SMILES string of the molecule is COCCN1CC(NC(=O)Nc2cc3c(Cl)c(-c4cnccc4C)nc(N)c3cn2)C1. The molecule has 1 fully saturated rings. The highest BCUT2D eigenvalue weighted by Gasteiger charge is 2.27. The Hall–Kier alpha value is -3.01. The summed E-state index contributed by atoms with van der Waals surface area (Å²) < 4.78 is 5.06. The number of anilines is 2. The summed E-state index contributed by atoms with van der Waals surface area (Å²) in [6.07, 6.45) is 4.98. The number of methoxy groups -OCH3 is 1. The third-order valence-corrected chi connectivity index (χ3v) is 5.68. The van der Waals surface area contributed by atoms with Crippen LogP contribution in [0.5, 0.6) is 0 Å². The normalized spacial score (nSPS) is 14.4. The van der Waals surface area contributed by atoms with Crippen LogP contribution in [0.3, 0.4) is 0 Å². The van der Waals surface area contributed by atoms with E-state index < -0.39 is 0 Å². The molecule has 1 aliphatic rings. The second-order valence-electron chi connectivity index (χ2n) is 7.51.